The molecule has 6 atom stereocenters. The van der Waals surface area contributed by atoms with Crippen molar-refractivity contribution in [1.82, 2.24) is 31.5 Å². The highest BCUT2D eigenvalue weighted by Gasteiger charge is 2.39. The van der Waals surface area contributed by atoms with Crippen LogP contribution in [0.2, 0.25) is 0 Å². The number of likely N-dealkylation sites (tertiary alicyclic amines) is 1. The summed E-state index contributed by atoms with van der Waals surface area (Å²) in [7, 11) is 0. The highest BCUT2D eigenvalue weighted by molar-refractivity contribution is 8.14. The van der Waals surface area contributed by atoms with Crippen molar-refractivity contribution in [2.75, 3.05) is 19.6 Å². The van der Waals surface area contributed by atoms with Crippen LogP contribution in [0.25, 0.3) is 0 Å². The van der Waals surface area contributed by atoms with E-state index in [-0.39, 0.29) is 36.0 Å². The number of amides is 6. The molecule has 2 heterocycles. The number of nitrogens with one attached hydrogen (secondary N) is 5. The largest absolute Gasteiger partial charge is 0.445 e. The van der Waals surface area contributed by atoms with Gasteiger partial charge >= 0.3 is 12.2 Å². The number of unbranched alkanes of at least 4 members (excludes halogenated alkanes) is 1. The Bertz CT molecular complexity index is 1960. The molecule has 2 aromatic carbocycles. The molecule has 1 fully saturated rings. The fourth-order valence-electron chi connectivity index (χ4n) is 7.69. The maximum Gasteiger partial charge on any atom is 0.408 e. The zero-order valence-electron chi connectivity index (χ0n) is 40.1. The van der Waals surface area contributed by atoms with E-state index >= 15 is 0 Å². The lowest BCUT2D eigenvalue weighted by Crippen LogP contribution is -2.58. The van der Waals surface area contributed by atoms with Crippen molar-refractivity contribution >= 4 is 52.7 Å². The van der Waals surface area contributed by atoms with E-state index in [2.05, 4.69) is 52.3 Å². The second kappa shape index (κ2) is 26.7. The van der Waals surface area contributed by atoms with E-state index in [0.29, 0.717) is 63.3 Å². The summed E-state index contributed by atoms with van der Waals surface area (Å²) in [5.74, 6) is -2.40. The number of hydrogen-bond acceptors (Lipinski definition) is 10. The van der Waals surface area contributed by atoms with Crippen LogP contribution in [0.15, 0.2) is 77.8 Å². The molecule has 66 heavy (non-hydrogen) atoms. The molecular formula is C50H73N7O8S. The van der Waals surface area contributed by atoms with Crippen LogP contribution in [0.4, 0.5) is 9.59 Å². The number of rotatable bonds is 21. The average molecular weight is 932 g/mol. The first-order chi connectivity index (χ1) is 31.4. The Hall–Kier alpha value is -5.38. The standard InChI is InChI=1S/C50H73N7O8S/c1-33(2)30-39(53-49(63)65-50(6,7)8)25-24-38(31-36-18-11-9-12-19-36)46(61)57-29-17-23-41(57)44(59)55-42(34(3)4)45(60)54-40(43(58)56-47-51-28-26-35(5)66-47)22-15-16-27-52-48(62)64-32-37-20-13-10-14-21-37/h9-14,18-21,24-25,33-35,38-42H,15-17,22-23,26-32H2,1-8H3,(H,52,62)(H,53,63)(H,54,60)(H,55,59)(H,51,56,58)/b25-24+/t35?,38-,39-,40+,41+,42+/m1/s1. The summed E-state index contributed by atoms with van der Waals surface area (Å²) < 4.78 is 10.8. The minimum Gasteiger partial charge on any atom is -0.445 e. The summed E-state index contributed by atoms with van der Waals surface area (Å²) in [6.45, 7) is 16.6. The molecule has 5 N–H and O–H groups in total. The monoisotopic (exact) mass is 932 g/mol. The summed E-state index contributed by atoms with van der Waals surface area (Å²) in [5.41, 5.74) is 1.13. The molecule has 0 bridgehead atoms. The molecule has 15 nitrogen and oxygen atoms in total. The van der Waals surface area contributed by atoms with Crippen LogP contribution in [-0.4, -0.2) is 101 Å². The maximum absolute atomic E-state index is 14.6. The van der Waals surface area contributed by atoms with Crippen LogP contribution >= 0.6 is 11.8 Å². The van der Waals surface area contributed by atoms with Crippen molar-refractivity contribution in [1.29, 1.82) is 0 Å². The van der Waals surface area contributed by atoms with Gasteiger partial charge in [-0.3, -0.25) is 24.2 Å². The van der Waals surface area contributed by atoms with Crippen molar-refractivity contribution in [3.63, 3.8) is 0 Å². The van der Waals surface area contributed by atoms with E-state index < -0.39 is 65.6 Å². The van der Waals surface area contributed by atoms with Crippen molar-refractivity contribution in [2.45, 2.75) is 148 Å². The topological polar surface area (TPSA) is 197 Å². The van der Waals surface area contributed by atoms with Gasteiger partial charge in [-0.15, -0.1) is 0 Å². The van der Waals surface area contributed by atoms with Crippen LogP contribution in [0, 0.1) is 17.8 Å². The average Bonchev–Trinajstić information content (AvgIpc) is 3.75. The summed E-state index contributed by atoms with van der Waals surface area (Å²) >= 11 is 1.47. The van der Waals surface area contributed by atoms with Gasteiger partial charge in [0.15, 0.2) is 5.17 Å². The van der Waals surface area contributed by atoms with Crippen LogP contribution in [-0.2, 0) is 41.7 Å². The fraction of sp³-hybridized carbons (Fsp3) is 0.580. The number of carbonyl (C=O) groups excluding carboxylic acids is 6. The SMILES string of the molecule is CC(C)C[C@@H](/C=C/[C@H](Cc1ccccc1)C(=O)N1CCC[C@H]1C(=O)N[C@H](C(=O)N[C@@H](CCCCNC(=O)OCc1ccccc1)C(=O)NC1=NCCC(C)S1)C(C)C)NC(=O)OC(C)(C)C. The third-order valence-corrected chi connectivity index (χ3v) is 12.2. The Labute approximate surface area is 395 Å². The number of amidine groups is 1. The minimum absolute atomic E-state index is 0.145. The Morgan fingerprint density at radius 1 is 0.848 bits per heavy atom. The smallest absolute Gasteiger partial charge is 0.408 e. The van der Waals surface area contributed by atoms with Crippen molar-refractivity contribution in [3.05, 3.63) is 83.9 Å². The van der Waals surface area contributed by atoms with Crippen LogP contribution in [0.1, 0.15) is 111 Å². The van der Waals surface area contributed by atoms with Crippen molar-refractivity contribution in [2.24, 2.45) is 22.7 Å². The predicted octanol–water partition coefficient (Wildman–Crippen LogP) is 7.05. The third-order valence-electron chi connectivity index (χ3n) is 11.1. The number of thioether (sulfide) groups is 1. The van der Waals surface area contributed by atoms with Crippen LogP contribution in [0.5, 0.6) is 0 Å². The summed E-state index contributed by atoms with van der Waals surface area (Å²) in [6, 6.07) is 15.8. The fourth-order valence-corrected chi connectivity index (χ4v) is 8.62. The lowest BCUT2D eigenvalue weighted by molar-refractivity contribution is -0.141. The van der Waals surface area contributed by atoms with E-state index in [9.17, 15) is 28.8 Å². The molecule has 16 heteroatoms. The molecule has 0 spiro atoms. The summed E-state index contributed by atoms with van der Waals surface area (Å²) in [4.78, 5) is 87.8. The third kappa shape index (κ3) is 18.8. The molecule has 0 aromatic heterocycles. The van der Waals surface area contributed by atoms with E-state index in [1.807, 2.05) is 86.7 Å². The van der Waals surface area contributed by atoms with Gasteiger partial charge in [-0.25, -0.2) is 9.59 Å². The number of hydrogen-bond donors (Lipinski definition) is 5. The molecule has 2 aromatic rings. The number of nitrogens with zero attached hydrogens (tertiary/aromatic N) is 2. The van der Waals surface area contributed by atoms with E-state index in [0.717, 1.165) is 17.5 Å². The highest BCUT2D eigenvalue weighted by Crippen LogP contribution is 2.25. The lowest BCUT2D eigenvalue weighted by atomic mass is 9.94. The second-order valence-electron chi connectivity index (χ2n) is 18.9. The van der Waals surface area contributed by atoms with Gasteiger partial charge in [-0.05, 0) is 95.1 Å². The van der Waals surface area contributed by atoms with Crippen LogP contribution < -0.4 is 26.6 Å². The molecule has 4 rings (SSSR count). The first-order valence-corrected chi connectivity index (χ1v) is 24.4. The van der Waals surface area contributed by atoms with Crippen LogP contribution in [0.3, 0.4) is 0 Å². The lowest BCUT2D eigenvalue weighted by Gasteiger charge is -2.30. The molecule has 1 unspecified atom stereocenters. The molecule has 2 aliphatic rings. The molecule has 0 radical (unpaired) electrons. The number of alkyl carbamates (subject to hydrolysis) is 2. The number of carbonyl (C=O) groups is 6. The van der Waals surface area contributed by atoms with Gasteiger partial charge in [0.1, 0.15) is 30.3 Å². The molecule has 2 aliphatic heterocycles. The first kappa shape index (κ1) is 53.2. The van der Waals surface area contributed by atoms with E-state index in [1.165, 1.54) is 11.8 Å². The Morgan fingerprint density at radius 3 is 2.17 bits per heavy atom. The van der Waals surface area contributed by atoms with Gasteiger partial charge < -0.3 is 41.0 Å². The quantitative estimate of drug-likeness (QED) is 0.0644. The molecular weight excluding hydrogens is 859 g/mol. The number of benzene rings is 2. The highest BCUT2D eigenvalue weighted by atomic mass is 32.2. The van der Waals surface area contributed by atoms with Gasteiger partial charge in [0.25, 0.3) is 0 Å². The van der Waals surface area contributed by atoms with Gasteiger partial charge in [0, 0.05) is 24.9 Å². The zero-order valence-corrected chi connectivity index (χ0v) is 40.9. The summed E-state index contributed by atoms with van der Waals surface area (Å²) in [6.07, 6.45) is 6.75. The predicted molar refractivity (Wildman–Crippen MR) is 259 cm³/mol. The van der Waals surface area contributed by atoms with Crippen molar-refractivity contribution in [3.8, 4) is 0 Å². The Morgan fingerprint density at radius 2 is 1.53 bits per heavy atom. The molecule has 6 amide bonds. The number of ether oxygens (including phenoxy) is 2. The van der Waals surface area contributed by atoms with Gasteiger partial charge in [-0.1, -0.05) is 119 Å². The number of aliphatic imine (C=N–C) groups is 1. The van der Waals surface area contributed by atoms with Gasteiger partial charge in [-0.2, -0.15) is 0 Å². The maximum atomic E-state index is 14.6. The normalized spacial score (nSPS) is 18.2. The zero-order chi connectivity index (χ0) is 48.2. The molecule has 362 valence electrons. The van der Waals surface area contributed by atoms with Crippen molar-refractivity contribution < 1.29 is 38.2 Å². The van der Waals surface area contributed by atoms with Gasteiger partial charge in [0.2, 0.25) is 23.6 Å². The molecule has 0 aliphatic carbocycles. The molecule has 0 saturated carbocycles. The molecule has 1 saturated heterocycles. The Balaban J connectivity index is 1.45. The van der Waals surface area contributed by atoms with Gasteiger partial charge in [0.05, 0.1) is 12.0 Å². The first-order valence-electron chi connectivity index (χ1n) is 23.5. The minimum atomic E-state index is -1.01. The van der Waals surface area contributed by atoms with E-state index in [4.69, 9.17) is 9.47 Å². The summed E-state index contributed by atoms with van der Waals surface area (Å²) in [5, 5.41) is 15.2. The van der Waals surface area contributed by atoms with E-state index in [1.54, 1.807) is 25.7 Å². The Kier molecular flexibility index (Phi) is 21.5. The second-order valence-corrected chi connectivity index (χ2v) is 20.3.